The Labute approximate surface area is 175 Å². The second-order valence-electron chi connectivity index (χ2n) is 7.21. The molecule has 2 aliphatic rings. The van der Waals surface area contributed by atoms with Crippen molar-refractivity contribution in [3.8, 4) is 6.19 Å². The van der Waals surface area contributed by atoms with Crippen LogP contribution in [0.1, 0.15) is 32.1 Å². The number of hydrogen-bond acceptors (Lipinski definition) is 4. The van der Waals surface area contributed by atoms with Crippen molar-refractivity contribution in [2.75, 3.05) is 31.5 Å². The number of aliphatic imine (C=N–C) groups is 1. The molecule has 2 saturated heterocycles. The first-order valence-electron chi connectivity index (χ1n) is 9.89. The zero-order chi connectivity index (χ0) is 20.6. The predicted octanol–water partition coefficient (Wildman–Crippen LogP) is 2.18. The number of carbonyl (C=O) groups excluding carboxylic acids is 2. The van der Waals surface area contributed by atoms with E-state index in [0.29, 0.717) is 23.7 Å². The van der Waals surface area contributed by atoms with Gasteiger partial charge < -0.3 is 15.1 Å². The molecule has 2 fully saturated rings. The number of carbonyl (C=O) groups is 2. The van der Waals surface area contributed by atoms with Gasteiger partial charge in [-0.05, 0) is 56.4 Å². The summed E-state index contributed by atoms with van der Waals surface area (Å²) in [4.78, 5) is 33.4. The third-order valence-corrected chi connectivity index (χ3v) is 5.36. The molecule has 1 unspecified atom stereocenters. The van der Waals surface area contributed by atoms with Gasteiger partial charge in [-0.2, -0.15) is 5.26 Å². The van der Waals surface area contributed by atoms with E-state index in [2.05, 4.69) is 15.6 Å². The summed E-state index contributed by atoms with van der Waals surface area (Å²) in [5.74, 6) is 0.0150. The number of guanidine groups is 1. The summed E-state index contributed by atoms with van der Waals surface area (Å²) in [6.45, 7) is 2.18. The van der Waals surface area contributed by atoms with Gasteiger partial charge in [0, 0.05) is 30.3 Å². The fourth-order valence-electron chi connectivity index (χ4n) is 3.57. The lowest BCUT2D eigenvalue weighted by Gasteiger charge is -2.25. The summed E-state index contributed by atoms with van der Waals surface area (Å²) in [5.41, 5.74) is 0.693. The summed E-state index contributed by atoms with van der Waals surface area (Å²) in [6.07, 6.45) is 6.12. The quantitative estimate of drug-likeness (QED) is 0.339. The molecule has 2 heterocycles. The average Bonchev–Trinajstić information content (AvgIpc) is 3.20. The lowest BCUT2D eigenvalue weighted by molar-refractivity contribution is -0.140. The normalized spacial score (nSPS) is 20.2. The van der Waals surface area contributed by atoms with E-state index >= 15 is 0 Å². The third kappa shape index (κ3) is 5.84. The van der Waals surface area contributed by atoms with Gasteiger partial charge in [0.25, 0.3) is 0 Å². The SMILES string of the molecule is N#CNC(=NC1CCCCN(CC(=O)N2CCCC2)C1=O)Nc1ccc(Cl)cc1. The van der Waals surface area contributed by atoms with Crippen molar-refractivity contribution in [1.82, 2.24) is 15.1 Å². The third-order valence-electron chi connectivity index (χ3n) is 5.10. The highest BCUT2D eigenvalue weighted by molar-refractivity contribution is 6.30. The van der Waals surface area contributed by atoms with Crippen LogP contribution in [0.4, 0.5) is 5.69 Å². The molecule has 154 valence electrons. The Morgan fingerprint density at radius 3 is 2.55 bits per heavy atom. The topological polar surface area (TPSA) is 101 Å². The molecule has 1 aromatic rings. The first kappa shape index (κ1) is 20.9. The fourth-order valence-corrected chi connectivity index (χ4v) is 3.69. The second-order valence-corrected chi connectivity index (χ2v) is 7.64. The van der Waals surface area contributed by atoms with E-state index in [-0.39, 0.29) is 24.3 Å². The number of hydrogen-bond donors (Lipinski definition) is 2. The number of amides is 2. The first-order valence-corrected chi connectivity index (χ1v) is 10.3. The molecule has 0 radical (unpaired) electrons. The minimum Gasteiger partial charge on any atom is -0.341 e. The number of nitrogens with one attached hydrogen (secondary N) is 2. The molecular formula is C20H25ClN6O2. The van der Waals surface area contributed by atoms with Crippen molar-refractivity contribution >= 4 is 35.1 Å². The van der Waals surface area contributed by atoms with Crippen molar-refractivity contribution in [2.24, 2.45) is 4.99 Å². The number of anilines is 1. The summed E-state index contributed by atoms with van der Waals surface area (Å²) < 4.78 is 0. The van der Waals surface area contributed by atoms with Gasteiger partial charge in [0.1, 0.15) is 6.04 Å². The Morgan fingerprint density at radius 2 is 1.86 bits per heavy atom. The highest BCUT2D eigenvalue weighted by atomic mass is 35.5. The Kier molecular flexibility index (Phi) is 7.30. The number of benzene rings is 1. The van der Waals surface area contributed by atoms with Crippen LogP contribution >= 0.6 is 11.6 Å². The van der Waals surface area contributed by atoms with E-state index in [1.165, 1.54) is 0 Å². The number of likely N-dealkylation sites (tertiary alicyclic amines) is 2. The minimum absolute atomic E-state index is 0.00450. The molecule has 3 rings (SSSR count). The van der Waals surface area contributed by atoms with Crippen LogP contribution in [0.25, 0.3) is 0 Å². The van der Waals surface area contributed by atoms with E-state index in [9.17, 15) is 9.59 Å². The molecule has 0 saturated carbocycles. The molecule has 1 aromatic carbocycles. The average molecular weight is 417 g/mol. The van der Waals surface area contributed by atoms with Crippen LogP contribution in [0.15, 0.2) is 29.3 Å². The lowest BCUT2D eigenvalue weighted by Crippen LogP contribution is -2.45. The molecule has 1 atom stereocenters. The van der Waals surface area contributed by atoms with Gasteiger partial charge in [-0.25, -0.2) is 4.99 Å². The maximum Gasteiger partial charge on any atom is 0.247 e. The standard InChI is InChI=1S/C20H25ClN6O2/c21-15-6-8-16(9-7-15)24-20(23-14-22)25-17-5-1-2-12-27(19(17)29)13-18(28)26-10-3-4-11-26/h6-9,17H,1-5,10-13H2,(H2,23,24,25). The van der Waals surface area contributed by atoms with Crippen molar-refractivity contribution in [2.45, 2.75) is 38.1 Å². The predicted molar refractivity (Wildman–Crippen MR) is 111 cm³/mol. The van der Waals surface area contributed by atoms with Gasteiger partial charge in [-0.15, -0.1) is 0 Å². The maximum absolute atomic E-state index is 13.0. The van der Waals surface area contributed by atoms with Crippen LogP contribution in [0, 0.1) is 11.5 Å². The van der Waals surface area contributed by atoms with E-state index in [1.54, 1.807) is 29.2 Å². The number of rotatable bonds is 4. The molecule has 8 nitrogen and oxygen atoms in total. The molecule has 2 amide bonds. The Hall–Kier alpha value is -2.79. The van der Waals surface area contributed by atoms with Gasteiger partial charge in [0.05, 0.1) is 6.54 Å². The molecule has 2 aliphatic heterocycles. The van der Waals surface area contributed by atoms with Crippen molar-refractivity contribution < 1.29 is 9.59 Å². The van der Waals surface area contributed by atoms with Crippen LogP contribution in [-0.4, -0.2) is 59.8 Å². The van der Waals surface area contributed by atoms with E-state index in [1.807, 2.05) is 11.1 Å². The van der Waals surface area contributed by atoms with Gasteiger partial charge >= 0.3 is 0 Å². The Balaban J connectivity index is 1.71. The van der Waals surface area contributed by atoms with E-state index in [4.69, 9.17) is 16.9 Å². The van der Waals surface area contributed by atoms with E-state index < -0.39 is 6.04 Å². The van der Waals surface area contributed by atoms with Gasteiger partial charge in [0.2, 0.25) is 17.8 Å². The zero-order valence-electron chi connectivity index (χ0n) is 16.2. The molecule has 0 spiro atoms. The van der Waals surface area contributed by atoms with Gasteiger partial charge in [-0.3, -0.25) is 14.9 Å². The highest BCUT2D eigenvalue weighted by Gasteiger charge is 2.30. The van der Waals surface area contributed by atoms with Crippen LogP contribution in [0.3, 0.4) is 0 Å². The van der Waals surface area contributed by atoms with Gasteiger partial charge in [-0.1, -0.05) is 11.6 Å². The Bertz CT molecular complexity index is 798. The molecule has 9 heteroatoms. The van der Waals surface area contributed by atoms with Crippen molar-refractivity contribution in [1.29, 1.82) is 5.26 Å². The van der Waals surface area contributed by atoms with Crippen LogP contribution in [-0.2, 0) is 9.59 Å². The zero-order valence-corrected chi connectivity index (χ0v) is 17.0. The van der Waals surface area contributed by atoms with Crippen LogP contribution in [0.5, 0.6) is 0 Å². The maximum atomic E-state index is 13.0. The molecule has 0 aliphatic carbocycles. The van der Waals surface area contributed by atoms with Gasteiger partial charge in [0.15, 0.2) is 6.19 Å². The molecular weight excluding hydrogens is 392 g/mol. The lowest BCUT2D eigenvalue weighted by atomic mass is 10.1. The van der Waals surface area contributed by atoms with E-state index in [0.717, 1.165) is 38.8 Å². The molecule has 2 N–H and O–H groups in total. The van der Waals surface area contributed by atoms with Crippen molar-refractivity contribution in [3.63, 3.8) is 0 Å². The molecule has 0 aromatic heterocycles. The number of nitrogens with zero attached hydrogens (tertiary/aromatic N) is 4. The highest BCUT2D eigenvalue weighted by Crippen LogP contribution is 2.18. The first-order chi connectivity index (χ1) is 14.1. The van der Waals surface area contributed by atoms with Crippen LogP contribution < -0.4 is 10.6 Å². The Morgan fingerprint density at radius 1 is 1.17 bits per heavy atom. The number of nitriles is 1. The molecule has 0 bridgehead atoms. The second kappa shape index (κ2) is 10.1. The molecule has 29 heavy (non-hydrogen) atoms. The smallest absolute Gasteiger partial charge is 0.247 e. The summed E-state index contributed by atoms with van der Waals surface area (Å²) in [7, 11) is 0. The summed E-state index contributed by atoms with van der Waals surface area (Å²) in [5, 5.41) is 15.2. The van der Waals surface area contributed by atoms with Crippen LogP contribution in [0.2, 0.25) is 5.02 Å². The largest absolute Gasteiger partial charge is 0.341 e. The number of halogens is 1. The summed E-state index contributed by atoms with van der Waals surface area (Å²) >= 11 is 5.90. The fraction of sp³-hybridized carbons (Fsp3) is 0.500. The monoisotopic (exact) mass is 416 g/mol. The minimum atomic E-state index is -0.639. The van der Waals surface area contributed by atoms with Crippen molar-refractivity contribution in [3.05, 3.63) is 29.3 Å². The summed E-state index contributed by atoms with van der Waals surface area (Å²) in [6, 6.07) is 6.31.